The largest absolute Gasteiger partial charge is 0.0695 e. The minimum atomic E-state index is -0.763. The Bertz CT molecular complexity index is 181. The highest BCUT2D eigenvalue weighted by molar-refractivity contribution is 6.76. The maximum Gasteiger partial charge on any atom is 0.0442 e. The fraction of sp³-hybridized carbons (Fsp3) is 0.947. The van der Waals surface area contributed by atoms with Crippen molar-refractivity contribution in [3.63, 3.8) is 0 Å². The van der Waals surface area contributed by atoms with Gasteiger partial charge in [-0.15, -0.1) is 0 Å². The van der Waals surface area contributed by atoms with Gasteiger partial charge < -0.3 is 0 Å². The number of hydrogen-bond acceptors (Lipinski definition) is 0. The molecule has 0 saturated heterocycles. The van der Waals surface area contributed by atoms with E-state index in [4.69, 9.17) is 0 Å². The van der Waals surface area contributed by atoms with Crippen molar-refractivity contribution in [1.82, 2.24) is 0 Å². The predicted molar refractivity (Wildman–Crippen MR) is 98.1 cm³/mol. The van der Waals surface area contributed by atoms with Gasteiger partial charge in [0.1, 0.15) is 0 Å². The number of unbranched alkanes of at least 4 members (excludes halogenated alkanes) is 13. The standard InChI is InChI=1S/C19H41Si/c1-5-6-7-8-9-10-11-12-13-14-15-16-17-18-19-20(2,3)4/h1,5-19H2,2-4H3. The average molecular weight is 298 g/mol. The quantitative estimate of drug-likeness (QED) is 0.215. The lowest BCUT2D eigenvalue weighted by Crippen LogP contribution is -2.18. The molecule has 0 saturated carbocycles. The van der Waals surface area contributed by atoms with Crippen LogP contribution in [-0.2, 0) is 0 Å². The fourth-order valence-corrected chi connectivity index (χ4v) is 4.09. The van der Waals surface area contributed by atoms with Gasteiger partial charge in [0.15, 0.2) is 0 Å². The van der Waals surface area contributed by atoms with Gasteiger partial charge in [-0.1, -0.05) is 123 Å². The molecule has 0 nitrogen and oxygen atoms in total. The zero-order valence-corrected chi connectivity index (χ0v) is 15.8. The van der Waals surface area contributed by atoms with Crippen LogP contribution in [0, 0.1) is 6.92 Å². The summed E-state index contributed by atoms with van der Waals surface area (Å²) in [4.78, 5) is 0. The molecule has 0 atom stereocenters. The molecular weight excluding hydrogens is 256 g/mol. The summed E-state index contributed by atoms with van der Waals surface area (Å²) in [5, 5.41) is 0. The monoisotopic (exact) mass is 297 g/mol. The molecule has 0 aromatic heterocycles. The van der Waals surface area contributed by atoms with E-state index in [1.165, 1.54) is 89.5 Å². The number of rotatable bonds is 15. The van der Waals surface area contributed by atoms with Gasteiger partial charge in [0.05, 0.1) is 0 Å². The smallest absolute Gasteiger partial charge is 0.0442 e. The Hall–Kier alpha value is 0.217. The lowest BCUT2D eigenvalue weighted by atomic mass is 10.0. The first-order chi connectivity index (χ1) is 9.56. The van der Waals surface area contributed by atoms with Crippen LogP contribution in [0.25, 0.3) is 0 Å². The third kappa shape index (κ3) is 18.2. The Labute approximate surface area is 131 Å². The van der Waals surface area contributed by atoms with Crippen molar-refractivity contribution >= 4 is 8.07 Å². The molecule has 0 rings (SSSR count). The molecule has 0 aromatic carbocycles. The topological polar surface area (TPSA) is 0 Å². The lowest BCUT2D eigenvalue weighted by molar-refractivity contribution is 0.539. The van der Waals surface area contributed by atoms with Gasteiger partial charge in [-0.25, -0.2) is 0 Å². The van der Waals surface area contributed by atoms with Crippen LogP contribution >= 0.6 is 0 Å². The molecule has 0 fully saturated rings. The van der Waals surface area contributed by atoms with Crippen LogP contribution in [0.2, 0.25) is 25.7 Å². The first-order valence-electron chi connectivity index (χ1n) is 9.35. The van der Waals surface area contributed by atoms with Crippen molar-refractivity contribution in [2.45, 2.75) is 116 Å². The molecule has 0 aliphatic rings. The highest BCUT2D eigenvalue weighted by Crippen LogP contribution is 2.16. The molecule has 0 aliphatic heterocycles. The second kappa shape index (κ2) is 14.2. The molecule has 0 N–H and O–H groups in total. The summed E-state index contributed by atoms with van der Waals surface area (Å²) in [6.45, 7) is 11.4. The van der Waals surface area contributed by atoms with E-state index >= 15 is 0 Å². The highest BCUT2D eigenvalue weighted by atomic mass is 28.3. The second-order valence-electron chi connectivity index (χ2n) is 7.76. The van der Waals surface area contributed by atoms with Gasteiger partial charge in [-0.2, -0.15) is 0 Å². The third-order valence-electron chi connectivity index (χ3n) is 4.18. The van der Waals surface area contributed by atoms with Crippen LogP contribution in [0.4, 0.5) is 0 Å². The molecule has 0 amide bonds. The average Bonchev–Trinajstić information content (AvgIpc) is 2.38. The van der Waals surface area contributed by atoms with E-state index < -0.39 is 8.07 Å². The second-order valence-corrected chi connectivity index (χ2v) is 13.4. The van der Waals surface area contributed by atoms with Crippen molar-refractivity contribution in [2.75, 3.05) is 0 Å². The third-order valence-corrected chi connectivity index (χ3v) is 6.03. The molecule has 0 unspecified atom stereocenters. The van der Waals surface area contributed by atoms with Crippen LogP contribution in [0.1, 0.15) is 89.9 Å². The van der Waals surface area contributed by atoms with Crippen molar-refractivity contribution < 1.29 is 0 Å². The zero-order valence-electron chi connectivity index (χ0n) is 14.8. The van der Waals surface area contributed by atoms with Gasteiger partial charge in [0, 0.05) is 8.07 Å². The summed E-state index contributed by atoms with van der Waals surface area (Å²) < 4.78 is 0. The maximum atomic E-state index is 3.89. The molecule has 20 heavy (non-hydrogen) atoms. The molecule has 1 heteroatoms. The van der Waals surface area contributed by atoms with Gasteiger partial charge in [-0.05, 0) is 0 Å². The Morgan fingerprint density at radius 3 is 1.10 bits per heavy atom. The molecule has 0 heterocycles. The van der Waals surface area contributed by atoms with Crippen molar-refractivity contribution in [3.05, 3.63) is 6.92 Å². The van der Waals surface area contributed by atoms with E-state index in [1.54, 1.807) is 0 Å². The van der Waals surface area contributed by atoms with E-state index in [-0.39, 0.29) is 0 Å². The molecule has 0 spiro atoms. The SMILES string of the molecule is [CH2]CCCCCCCCCCCCCCC[Si](C)(C)C. The summed E-state index contributed by atoms with van der Waals surface area (Å²) >= 11 is 0. The minimum absolute atomic E-state index is 0.763. The molecule has 0 bridgehead atoms. The highest BCUT2D eigenvalue weighted by Gasteiger charge is 2.11. The summed E-state index contributed by atoms with van der Waals surface area (Å²) in [5.74, 6) is 0. The Morgan fingerprint density at radius 1 is 0.500 bits per heavy atom. The fourth-order valence-electron chi connectivity index (χ4n) is 2.78. The van der Waals surface area contributed by atoms with Crippen LogP contribution in [0.3, 0.4) is 0 Å². The van der Waals surface area contributed by atoms with Crippen LogP contribution in [-0.4, -0.2) is 8.07 Å². The molecule has 0 aliphatic carbocycles. The van der Waals surface area contributed by atoms with Crippen molar-refractivity contribution in [2.24, 2.45) is 0 Å². The minimum Gasteiger partial charge on any atom is -0.0695 e. The molecular formula is C19H41Si. The summed E-state index contributed by atoms with van der Waals surface area (Å²) in [6.07, 6.45) is 20.1. The molecule has 1 radical (unpaired) electrons. The van der Waals surface area contributed by atoms with Crippen molar-refractivity contribution in [3.8, 4) is 0 Å². The summed E-state index contributed by atoms with van der Waals surface area (Å²) in [6, 6.07) is 1.53. The van der Waals surface area contributed by atoms with Gasteiger partial charge in [0.25, 0.3) is 0 Å². The van der Waals surface area contributed by atoms with Gasteiger partial charge in [-0.3, -0.25) is 0 Å². The molecule has 0 aromatic rings. The first-order valence-corrected chi connectivity index (χ1v) is 13.1. The van der Waals surface area contributed by atoms with Gasteiger partial charge in [0.2, 0.25) is 0 Å². The summed E-state index contributed by atoms with van der Waals surface area (Å²) in [5.41, 5.74) is 0. The molecule has 121 valence electrons. The van der Waals surface area contributed by atoms with Crippen LogP contribution in [0.5, 0.6) is 0 Å². The first kappa shape index (κ1) is 20.2. The van der Waals surface area contributed by atoms with Crippen molar-refractivity contribution in [1.29, 1.82) is 0 Å². The maximum absolute atomic E-state index is 3.89. The van der Waals surface area contributed by atoms with E-state index in [0.717, 1.165) is 6.42 Å². The van der Waals surface area contributed by atoms with E-state index in [9.17, 15) is 0 Å². The van der Waals surface area contributed by atoms with E-state index in [2.05, 4.69) is 26.6 Å². The van der Waals surface area contributed by atoms with Gasteiger partial charge >= 0.3 is 0 Å². The Kier molecular flexibility index (Phi) is 14.3. The van der Waals surface area contributed by atoms with E-state index in [1.807, 2.05) is 0 Å². The van der Waals surface area contributed by atoms with E-state index in [0.29, 0.717) is 0 Å². The lowest BCUT2D eigenvalue weighted by Gasteiger charge is -2.14. The van der Waals surface area contributed by atoms with Crippen LogP contribution in [0.15, 0.2) is 0 Å². The Balaban J connectivity index is 2.99. The van der Waals surface area contributed by atoms with Crippen LogP contribution < -0.4 is 0 Å². The zero-order chi connectivity index (χ0) is 15.1. The normalized spacial score (nSPS) is 12.0. The Morgan fingerprint density at radius 2 is 0.800 bits per heavy atom. The number of hydrogen-bond donors (Lipinski definition) is 0. The predicted octanol–water partition coefficient (Wildman–Crippen LogP) is 7.62. The summed E-state index contributed by atoms with van der Waals surface area (Å²) in [7, 11) is -0.763.